The smallest absolute Gasteiger partial charge is 0.356 e. The number of piperidine rings is 1. The van der Waals surface area contributed by atoms with E-state index < -0.39 is 5.97 Å². The number of H-pyrrole nitrogens is 1. The predicted octanol–water partition coefficient (Wildman–Crippen LogP) is 1.22. The summed E-state index contributed by atoms with van der Waals surface area (Å²) in [5.41, 5.74) is 1.41. The van der Waals surface area contributed by atoms with Crippen LogP contribution in [0.1, 0.15) is 30.3 Å². The minimum atomic E-state index is -0.519. The molecule has 2 atom stereocenters. The zero-order valence-electron chi connectivity index (χ0n) is 15.5. The van der Waals surface area contributed by atoms with Crippen LogP contribution in [-0.2, 0) is 9.53 Å². The molecule has 2 heterocycles. The average molecular weight is 360 g/mol. The van der Waals surface area contributed by atoms with Gasteiger partial charge in [0.05, 0.1) is 38.5 Å². The van der Waals surface area contributed by atoms with Gasteiger partial charge in [-0.3, -0.25) is 4.79 Å². The summed E-state index contributed by atoms with van der Waals surface area (Å²) in [4.78, 5) is 29.0. The van der Waals surface area contributed by atoms with E-state index in [9.17, 15) is 9.59 Å². The Hall–Kier alpha value is -2.54. The molecule has 1 unspecified atom stereocenters. The minimum Gasteiger partial charge on any atom is -0.497 e. The highest BCUT2D eigenvalue weighted by molar-refractivity contribution is 6.11. The highest BCUT2D eigenvalue weighted by atomic mass is 16.5. The number of nitrogens with one attached hydrogen (secondary N) is 3. The Morgan fingerprint density at radius 1 is 1.35 bits per heavy atom. The number of benzene rings is 1. The average Bonchev–Trinajstić information content (AvgIpc) is 2.98. The van der Waals surface area contributed by atoms with Gasteiger partial charge in [0.2, 0.25) is 0 Å². The van der Waals surface area contributed by atoms with E-state index in [1.54, 1.807) is 19.2 Å². The second-order valence-electron chi connectivity index (χ2n) is 6.95. The molecule has 1 aromatic carbocycles. The number of carbonyl (C=O) groups excluding carboxylic acids is 2. The van der Waals surface area contributed by atoms with Crippen molar-refractivity contribution in [3.8, 4) is 5.75 Å². The summed E-state index contributed by atoms with van der Waals surface area (Å²) in [6, 6.07) is 5.40. The lowest BCUT2D eigenvalue weighted by atomic mass is 10.0. The number of likely N-dealkylation sites (tertiary alicyclic amines) is 1. The van der Waals surface area contributed by atoms with Gasteiger partial charge in [-0.25, -0.2) is 4.79 Å². The fourth-order valence-corrected chi connectivity index (χ4v) is 3.66. The summed E-state index contributed by atoms with van der Waals surface area (Å²) < 4.78 is 10.1. The van der Waals surface area contributed by atoms with Crippen LogP contribution in [-0.4, -0.2) is 50.7 Å². The maximum Gasteiger partial charge on any atom is 0.356 e. The summed E-state index contributed by atoms with van der Waals surface area (Å²) in [5, 5.41) is 3.67. The van der Waals surface area contributed by atoms with Gasteiger partial charge in [-0.05, 0) is 25.0 Å². The molecule has 1 aliphatic heterocycles. The SMILES string of the molecule is COC(=O)c1[nH]c2cc(OC)ccc2c1NC(=O)C[NH+]1CCC[C@H](C)C1. The first-order chi connectivity index (χ1) is 12.5. The van der Waals surface area contributed by atoms with Crippen molar-refractivity contribution >= 4 is 28.5 Å². The molecule has 7 nitrogen and oxygen atoms in total. The van der Waals surface area contributed by atoms with Crippen LogP contribution in [0.15, 0.2) is 18.2 Å². The molecule has 0 saturated carbocycles. The second kappa shape index (κ2) is 7.78. The van der Waals surface area contributed by atoms with Crippen LogP contribution in [0.3, 0.4) is 0 Å². The number of hydrogen-bond acceptors (Lipinski definition) is 4. The second-order valence-corrected chi connectivity index (χ2v) is 6.95. The molecule has 0 radical (unpaired) electrons. The molecule has 0 aliphatic carbocycles. The molecule has 26 heavy (non-hydrogen) atoms. The number of carbonyl (C=O) groups is 2. The topological polar surface area (TPSA) is 84.9 Å². The summed E-state index contributed by atoms with van der Waals surface area (Å²) >= 11 is 0. The van der Waals surface area contributed by atoms with Crippen LogP contribution < -0.4 is 15.0 Å². The van der Waals surface area contributed by atoms with Gasteiger partial charge in [0.25, 0.3) is 5.91 Å². The fourth-order valence-electron chi connectivity index (χ4n) is 3.66. The Balaban J connectivity index is 1.85. The Bertz CT molecular complexity index is 814. The van der Waals surface area contributed by atoms with E-state index in [0.717, 1.165) is 24.9 Å². The van der Waals surface area contributed by atoms with E-state index in [2.05, 4.69) is 17.2 Å². The number of methoxy groups -OCH3 is 2. The van der Waals surface area contributed by atoms with Crippen molar-refractivity contribution < 1.29 is 24.0 Å². The highest BCUT2D eigenvalue weighted by Crippen LogP contribution is 2.31. The Kier molecular flexibility index (Phi) is 5.46. The number of quaternary nitrogens is 1. The number of amides is 1. The van der Waals surface area contributed by atoms with Crippen molar-refractivity contribution in [1.29, 1.82) is 0 Å². The van der Waals surface area contributed by atoms with E-state index in [4.69, 9.17) is 9.47 Å². The lowest BCUT2D eigenvalue weighted by Gasteiger charge is -2.27. The molecule has 3 N–H and O–H groups in total. The summed E-state index contributed by atoms with van der Waals surface area (Å²) in [6.45, 7) is 4.63. The number of aromatic nitrogens is 1. The molecular weight excluding hydrogens is 334 g/mol. The highest BCUT2D eigenvalue weighted by Gasteiger charge is 2.25. The number of rotatable bonds is 5. The van der Waals surface area contributed by atoms with Crippen LogP contribution in [0.25, 0.3) is 10.9 Å². The molecule has 2 aromatic rings. The van der Waals surface area contributed by atoms with Gasteiger partial charge in [-0.2, -0.15) is 0 Å². The van der Waals surface area contributed by atoms with Crippen molar-refractivity contribution in [1.82, 2.24) is 4.98 Å². The molecule has 1 aromatic heterocycles. The number of aromatic amines is 1. The monoisotopic (exact) mass is 360 g/mol. The van der Waals surface area contributed by atoms with Gasteiger partial charge in [0.1, 0.15) is 11.4 Å². The first-order valence-electron chi connectivity index (χ1n) is 8.93. The maximum atomic E-state index is 12.6. The van der Waals surface area contributed by atoms with Crippen LogP contribution in [0.5, 0.6) is 5.75 Å². The van der Waals surface area contributed by atoms with Crippen LogP contribution in [0.2, 0.25) is 0 Å². The molecule has 1 aliphatic rings. The third-order valence-corrected chi connectivity index (χ3v) is 4.93. The van der Waals surface area contributed by atoms with Crippen molar-refractivity contribution in [3.05, 3.63) is 23.9 Å². The molecule has 0 spiro atoms. The predicted molar refractivity (Wildman–Crippen MR) is 98.8 cm³/mol. The number of ether oxygens (including phenoxy) is 2. The van der Waals surface area contributed by atoms with E-state index >= 15 is 0 Å². The Labute approximate surface area is 152 Å². The van der Waals surface area contributed by atoms with Gasteiger partial charge in [-0.15, -0.1) is 0 Å². The number of hydrogen-bond donors (Lipinski definition) is 3. The first-order valence-corrected chi connectivity index (χ1v) is 8.93. The van der Waals surface area contributed by atoms with Crippen molar-refractivity contribution in [3.63, 3.8) is 0 Å². The quantitative estimate of drug-likeness (QED) is 0.700. The third kappa shape index (κ3) is 3.83. The molecule has 3 rings (SSSR count). The van der Waals surface area contributed by atoms with Gasteiger partial charge in [-0.1, -0.05) is 6.92 Å². The van der Waals surface area contributed by atoms with Gasteiger partial charge in [0.15, 0.2) is 6.54 Å². The van der Waals surface area contributed by atoms with Crippen LogP contribution in [0.4, 0.5) is 5.69 Å². The molecule has 1 amide bonds. The molecule has 0 bridgehead atoms. The molecule has 1 fully saturated rings. The van der Waals surface area contributed by atoms with E-state index in [1.165, 1.54) is 18.4 Å². The maximum absolute atomic E-state index is 12.6. The Morgan fingerprint density at radius 3 is 2.85 bits per heavy atom. The Morgan fingerprint density at radius 2 is 2.15 bits per heavy atom. The summed E-state index contributed by atoms with van der Waals surface area (Å²) in [7, 11) is 2.90. The largest absolute Gasteiger partial charge is 0.497 e. The fraction of sp³-hybridized carbons (Fsp3) is 0.474. The third-order valence-electron chi connectivity index (χ3n) is 4.93. The first kappa shape index (κ1) is 18.3. The lowest BCUT2D eigenvalue weighted by Crippen LogP contribution is -3.14. The summed E-state index contributed by atoms with van der Waals surface area (Å²) in [6.07, 6.45) is 2.37. The molecule has 140 valence electrons. The van der Waals surface area contributed by atoms with Crippen LogP contribution in [0, 0.1) is 5.92 Å². The van der Waals surface area contributed by atoms with Crippen LogP contribution >= 0.6 is 0 Å². The van der Waals surface area contributed by atoms with Gasteiger partial charge in [0, 0.05) is 17.4 Å². The number of fused-ring (bicyclic) bond motifs is 1. The zero-order chi connectivity index (χ0) is 18.7. The molecule has 1 saturated heterocycles. The van der Waals surface area contributed by atoms with E-state index in [0.29, 0.717) is 29.4 Å². The molecular formula is C19H26N3O4+. The normalized spacial score (nSPS) is 20.0. The van der Waals surface area contributed by atoms with Crippen molar-refractivity contribution in [2.75, 3.05) is 39.2 Å². The van der Waals surface area contributed by atoms with E-state index in [-0.39, 0.29) is 11.6 Å². The lowest BCUT2D eigenvalue weighted by molar-refractivity contribution is -0.900. The van der Waals surface area contributed by atoms with Crippen molar-refractivity contribution in [2.45, 2.75) is 19.8 Å². The van der Waals surface area contributed by atoms with E-state index in [1.807, 2.05) is 6.07 Å². The number of esters is 1. The summed E-state index contributed by atoms with van der Waals surface area (Å²) in [5.74, 6) is 0.683. The number of anilines is 1. The van der Waals surface area contributed by atoms with Crippen molar-refractivity contribution in [2.24, 2.45) is 5.92 Å². The standard InChI is InChI=1S/C19H25N3O4/c1-12-5-4-8-22(10-12)11-16(23)21-17-14-7-6-13(25-2)9-15(14)20-18(17)19(24)26-3/h6-7,9,12,20H,4-5,8,10-11H2,1-3H3,(H,21,23)/p+1/t12-/m0/s1. The minimum absolute atomic E-state index is 0.101. The zero-order valence-corrected chi connectivity index (χ0v) is 15.5. The van der Waals surface area contributed by atoms with Gasteiger partial charge < -0.3 is 24.7 Å². The molecule has 7 heteroatoms. The van der Waals surface area contributed by atoms with Gasteiger partial charge >= 0.3 is 5.97 Å².